The quantitative estimate of drug-likeness (QED) is 0.922. The average Bonchev–Trinajstić information content (AvgIpc) is 3.05. The van der Waals surface area contributed by atoms with Crippen LogP contribution in [0.2, 0.25) is 0 Å². The topological polar surface area (TPSA) is 55.1 Å². The molecule has 0 unspecified atom stereocenters. The van der Waals surface area contributed by atoms with Gasteiger partial charge in [0.1, 0.15) is 9.71 Å². The molecule has 1 saturated carbocycles. The third-order valence-electron chi connectivity index (χ3n) is 3.94. The van der Waals surface area contributed by atoms with Gasteiger partial charge in [-0.25, -0.2) is 4.79 Å². The molecule has 4 nitrogen and oxygen atoms in total. The van der Waals surface area contributed by atoms with Gasteiger partial charge in [-0.2, -0.15) is 5.10 Å². The fourth-order valence-corrected chi connectivity index (χ4v) is 4.03. The minimum atomic E-state index is -0.834. The molecule has 0 bridgehead atoms. The zero-order chi connectivity index (χ0) is 14.3. The van der Waals surface area contributed by atoms with E-state index >= 15 is 0 Å². The van der Waals surface area contributed by atoms with Crippen LogP contribution in [-0.4, -0.2) is 20.9 Å². The third kappa shape index (κ3) is 2.35. The van der Waals surface area contributed by atoms with Gasteiger partial charge in [0, 0.05) is 17.8 Å². The minimum Gasteiger partial charge on any atom is -0.477 e. The number of carbonyl (C=O) groups is 1. The smallest absolute Gasteiger partial charge is 0.345 e. The number of hydrogen-bond acceptors (Lipinski definition) is 3. The standard InChI is InChI=1S/C15H20N2O2S/c1-9(2)8-17-14-11(7-12(20-14)15(18)19)13(16-17)10-5-3-4-6-10/h7,9-10H,3-6,8H2,1-2H3,(H,18,19). The van der Waals surface area contributed by atoms with Crippen molar-refractivity contribution < 1.29 is 9.90 Å². The Hall–Kier alpha value is -1.36. The lowest BCUT2D eigenvalue weighted by Gasteiger charge is -2.07. The van der Waals surface area contributed by atoms with E-state index in [-0.39, 0.29) is 0 Å². The summed E-state index contributed by atoms with van der Waals surface area (Å²) < 4.78 is 2.02. The average molecular weight is 292 g/mol. The first-order chi connectivity index (χ1) is 9.56. The number of thiophene rings is 1. The van der Waals surface area contributed by atoms with Gasteiger partial charge in [-0.3, -0.25) is 4.68 Å². The molecule has 0 radical (unpaired) electrons. The van der Waals surface area contributed by atoms with Gasteiger partial charge >= 0.3 is 5.97 Å². The summed E-state index contributed by atoms with van der Waals surface area (Å²) in [7, 11) is 0. The van der Waals surface area contributed by atoms with Crippen LogP contribution in [0.1, 0.15) is 60.8 Å². The lowest BCUT2D eigenvalue weighted by molar-refractivity contribution is 0.0702. The van der Waals surface area contributed by atoms with Crippen LogP contribution in [0.5, 0.6) is 0 Å². The van der Waals surface area contributed by atoms with Crippen LogP contribution in [0.15, 0.2) is 6.07 Å². The number of aromatic carboxylic acids is 1. The largest absolute Gasteiger partial charge is 0.477 e. The van der Waals surface area contributed by atoms with E-state index in [1.165, 1.54) is 37.0 Å². The van der Waals surface area contributed by atoms with Crippen LogP contribution < -0.4 is 0 Å². The Bertz CT molecular complexity index is 636. The van der Waals surface area contributed by atoms with E-state index in [1.807, 2.05) is 10.7 Å². The van der Waals surface area contributed by atoms with Gasteiger partial charge in [0.05, 0.1) is 5.69 Å². The number of rotatable bonds is 4. The highest BCUT2D eigenvalue weighted by atomic mass is 32.1. The molecule has 0 amide bonds. The first-order valence-electron chi connectivity index (χ1n) is 7.29. The first kappa shape index (κ1) is 13.6. The molecule has 2 heterocycles. The number of carboxylic acids is 1. The van der Waals surface area contributed by atoms with Crippen molar-refractivity contribution >= 4 is 27.5 Å². The Kier molecular flexibility index (Phi) is 3.54. The van der Waals surface area contributed by atoms with Crippen LogP contribution in [0, 0.1) is 5.92 Å². The molecule has 0 atom stereocenters. The van der Waals surface area contributed by atoms with Crippen LogP contribution in [0.25, 0.3) is 10.2 Å². The molecule has 1 N–H and O–H groups in total. The molecule has 1 aliphatic rings. The van der Waals surface area contributed by atoms with Gasteiger partial charge < -0.3 is 5.11 Å². The Morgan fingerprint density at radius 1 is 1.50 bits per heavy atom. The molecule has 20 heavy (non-hydrogen) atoms. The predicted octanol–water partition coefficient (Wildman–Crippen LogP) is 4.11. The molecule has 2 aromatic rings. The Morgan fingerprint density at radius 2 is 2.20 bits per heavy atom. The number of hydrogen-bond donors (Lipinski definition) is 1. The summed E-state index contributed by atoms with van der Waals surface area (Å²) >= 11 is 1.35. The zero-order valence-corrected chi connectivity index (χ0v) is 12.7. The molecule has 108 valence electrons. The summed E-state index contributed by atoms with van der Waals surface area (Å²) in [5.74, 6) is 0.187. The summed E-state index contributed by atoms with van der Waals surface area (Å²) in [6, 6.07) is 1.82. The van der Waals surface area contributed by atoms with Crippen molar-refractivity contribution in [3.05, 3.63) is 16.6 Å². The summed E-state index contributed by atoms with van der Waals surface area (Å²) in [6.45, 7) is 5.17. The second-order valence-electron chi connectivity index (χ2n) is 6.08. The Morgan fingerprint density at radius 3 is 2.80 bits per heavy atom. The molecule has 0 spiro atoms. The number of nitrogens with zero attached hydrogens (tertiary/aromatic N) is 2. The third-order valence-corrected chi connectivity index (χ3v) is 5.08. The lowest BCUT2D eigenvalue weighted by Crippen LogP contribution is -2.06. The fraction of sp³-hybridized carbons (Fsp3) is 0.600. The Labute approximate surface area is 122 Å². The van der Waals surface area contributed by atoms with Crippen LogP contribution >= 0.6 is 11.3 Å². The highest BCUT2D eigenvalue weighted by molar-refractivity contribution is 7.20. The molecule has 5 heteroatoms. The summed E-state index contributed by atoms with van der Waals surface area (Å²) in [4.78, 5) is 12.7. The maximum absolute atomic E-state index is 11.2. The van der Waals surface area contributed by atoms with Crippen LogP contribution in [0.4, 0.5) is 0 Å². The van der Waals surface area contributed by atoms with Gasteiger partial charge in [0.25, 0.3) is 0 Å². The molecule has 0 aromatic carbocycles. The molecule has 0 saturated heterocycles. The fourth-order valence-electron chi connectivity index (χ4n) is 3.06. The van der Waals surface area contributed by atoms with Crippen molar-refractivity contribution in [1.29, 1.82) is 0 Å². The molecule has 0 aliphatic heterocycles. The van der Waals surface area contributed by atoms with E-state index in [0.29, 0.717) is 16.7 Å². The molecule has 1 aliphatic carbocycles. The normalized spacial score (nSPS) is 16.6. The van der Waals surface area contributed by atoms with Crippen molar-refractivity contribution in [2.24, 2.45) is 5.92 Å². The van der Waals surface area contributed by atoms with E-state index < -0.39 is 5.97 Å². The van der Waals surface area contributed by atoms with Crippen molar-refractivity contribution in [3.63, 3.8) is 0 Å². The second-order valence-corrected chi connectivity index (χ2v) is 7.11. The SMILES string of the molecule is CC(C)Cn1nc(C2CCCC2)c2cc(C(=O)O)sc21. The van der Waals surface area contributed by atoms with E-state index in [4.69, 9.17) is 5.10 Å². The summed E-state index contributed by atoms with van der Waals surface area (Å²) in [5, 5.41) is 15.1. The summed E-state index contributed by atoms with van der Waals surface area (Å²) in [5.41, 5.74) is 1.13. The van der Waals surface area contributed by atoms with Gasteiger partial charge in [-0.05, 0) is 24.8 Å². The van der Waals surface area contributed by atoms with Gasteiger partial charge in [0.2, 0.25) is 0 Å². The highest BCUT2D eigenvalue weighted by Gasteiger charge is 2.25. The molecule has 1 fully saturated rings. The van der Waals surface area contributed by atoms with E-state index in [1.54, 1.807) is 0 Å². The van der Waals surface area contributed by atoms with Gasteiger partial charge in [-0.15, -0.1) is 11.3 Å². The maximum atomic E-state index is 11.2. The van der Waals surface area contributed by atoms with Gasteiger partial charge in [-0.1, -0.05) is 26.7 Å². The monoisotopic (exact) mass is 292 g/mol. The van der Waals surface area contributed by atoms with Crippen LogP contribution in [0.3, 0.4) is 0 Å². The zero-order valence-electron chi connectivity index (χ0n) is 11.9. The molecular formula is C15H20N2O2S. The predicted molar refractivity (Wildman–Crippen MR) is 80.6 cm³/mol. The minimum absolute atomic E-state index is 0.425. The van der Waals surface area contributed by atoms with E-state index in [2.05, 4.69) is 13.8 Å². The number of aromatic nitrogens is 2. The van der Waals surface area contributed by atoms with Crippen LogP contribution in [-0.2, 0) is 6.54 Å². The molecular weight excluding hydrogens is 272 g/mol. The van der Waals surface area contributed by atoms with Crippen molar-refractivity contribution in [2.75, 3.05) is 0 Å². The lowest BCUT2D eigenvalue weighted by atomic mass is 10.0. The summed E-state index contributed by atoms with van der Waals surface area (Å²) in [6.07, 6.45) is 4.90. The number of carboxylic acid groups (broad SMARTS) is 1. The van der Waals surface area contributed by atoms with Gasteiger partial charge in [0.15, 0.2) is 0 Å². The molecule has 3 rings (SSSR count). The highest BCUT2D eigenvalue weighted by Crippen LogP contribution is 2.39. The first-order valence-corrected chi connectivity index (χ1v) is 8.11. The molecule has 2 aromatic heterocycles. The van der Waals surface area contributed by atoms with E-state index in [0.717, 1.165) is 22.5 Å². The number of fused-ring (bicyclic) bond motifs is 1. The van der Waals surface area contributed by atoms with Crippen molar-refractivity contribution in [1.82, 2.24) is 9.78 Å². The van der Waals surface area contributed by atoms with Crippen molar-refractivity contribution in [3.8, 4) is 0 Å². The maximum Gasteiger partial charge on any atom is 0.345 e. The Balaban J connectivity index is 2.10. The van der Waals surface area contributed by atoms with Crippen molar-refractivity contribution in [2.45, 2.75) is 52.0 Å². The van der Waals surface area contributed by atoms with E-state index in [9.17, 15) is 9.90 Å². The second kappa shape index (κ2) is 5.20.